The van der Waals surface area contributed by atoms with Gasteiger partial charge in [0.2, 0.25) is 5.13 Å². The average molecular weight is 492 g/mol. The van der Waals surface area contributed by atoms with Gasteiger partial charge in [-0.05, 0) is 45.7 Å². The number of hydrogen-bond acceptors (Lipinski definition) is 7. The molecule has 3 heterocycles. The van der Waals surface area contributed by atoms with E-state index >= 15 is 0 Å². The molecule has 2 aliphatic heterocycles. The summed E-state index contributed by atoms with van der Waals surface area (Å²) in [7, 11) is 3.40. The molecule has 1 spiro atoms. The van der Waals surface area contributed by atoms with Gasteiger partial charge < -0.3 is 19.4 Å². The van der Waals surface area contributed by atoms with Crippen LogP contribution in [0.2, 0.25) is 5.02 Å². The summed E-state index contributed by atoms with van der Waals surface area (Å²) in [5, 5.41) is 10.8. The van der Waals surface area contributed by atoms with Gasteiger partial charge in [0.15, 0.2) is 0 Å². The zero-order chi connectivity index (χ0) is 24.0. The Morgan fingerprint density at radius 1 is 1.15 bits per heavy atom. The number of piperidine rings is 1. The molecule has 4 rings (SSSR count). The predicted molar refractivity (Wildman–Crippen MR) is 130 cm³/mol. The lowest BCUT2D eigenvalue weighted by molar-refractivity contribution is 0.00596. The van der Waals surface area contributed by atoms with Crippen molar-refractivity contribution in [2.45, 2.75) is 39.2 Å². The molecule has 2 amide bonds. The standard InChI is InChI=1S/C23H30ClN5O3S/c1-22(2,3)32-21(31)28-10-8-23(9-11-28)13-29(14-23)20-26-25-18(33-20)15-6-7-16(17(24)12-15)19(30)27(4)5/h6-7,12H,8-11,13-14H2,1-5H3. The van der Waals surface area contributed by atoms with Crippen LogP contribution >= 0.6 is 22.9 Å². The molecule has 2 aliphatic rings. The van der Waals surface area contributed by atoms with Crippen LogP contribution < -0.4 is 4.90 Å². The van der Waals surface area contributed by atoms with E-state index in [0.29, 0.717) is 10.6 Å². The van der Waals surface area contributed by atoms with E-state index in [9.17, 15) is 9.59 Å². The minimum Gasteiger partial charge on any atom is -0.444 e. The molecule has 0 unspecified atom stereocenters. The van der Waals surface area contributed by atoms with Crippen LogP contribution in [-0.4, -0.2) is 77.9 Å². The first-order chi connectivity index (χ1) is 15.5. The minimum atomic E-state index is -0.471. The van der Waals surface area contributed by atoms with Gasteiger partial charge in [0, 0.05) is 51.3 Å². The number of anilines is 1. The molecule has 0 saturated carbocycles. The second kappa shape index (κ2) is 8.76. The van der Waals surface area contributed by atoms with Crippen molar-refractivity contribution in [2.75, 3.05) is 45.2 Å². The molecular weight excluding hydrogens is 462 g/mol. The molecule has 1 aromatic carbocycles. The third-order valence-electron chi connectivity index (χ3n) is 6.07. The lowest BCUT2D eigenvalue weighted by Crippen LogP contribution is -2.61. The topological polar surface area (TPSA) is 78.9 Å². The number of hydrogen-bond donors (Lipinski definition) is 0. The molecule has 1 aromatic heterocycles. The summed E-state index contributed by atoms with van der Waals surface area (Å²) in [6, 6.07) is 5.36. The molecule has 2 aromatic rings. The van der Waals surface area contributed by atoms with Crippen LogP contribution in [-0.2, 0) is 4.74 Å². The van der Waals surface area contributed by atoms with Crippen molar-refractivity contribution < 1.29 is 14.3 Å². The molecule has 0 N–H and O–H groups in total. The summed E-state index contributed by atoms with van der Waals surface area (Å²) in [6.45, 7) is 8.95. The number of carbonyl (C=O) groups excluding carboxylic acids is 2. The van der Waals surface area contributed by atoms with E-state index in [-0.39, 0.29) is 17.4 Å². The van der Waals surface area contributed by atoms with Gasteiger partial charge in [0.25, 0.3) is 5.91 Å². The molecule has 2 saturated heterocycles. The van der Waals surface area contributed by atoms with Crippen LogP contribution in [0.4, 0.5) is 9.93 Å². The number of aromatic nitrogens is 2. The largest absolute Gasteiger partial charge is 0.444 e. The summed E-state index contributed by atoms with van der Waals surface area (Å²) >= 11 is 7.88. The van der Waals surface area contributed by atoms with Gasteiger partial charge in [-0.25, -0.2) is 4.79 Å². The Morgan fingerprint density at radius 2 is 1.82 bits per heavy atom. The first-order valence-electron chi connectivity index (χ1n) is 11.0. The van der Waals surface area contributed by atoms with Crippen molar-refractivity contribution >= 4 is 40.1 Å². The van der Waals surface area contributed by atoms with E-state index in [4.69, 9.17) is 16.3 Å². The highest BCUT2D eigenvalue weighted by atomic mass is 35.5. The van der Waals surface area contributed by atoms with Crippen molar-refractivity contribution in [3.8, 4) is 10.6 Å². The fourth-order valence-electron chi connectivity index (χ4n) is 4.23. The number of benzene rings is 1. The summed E-state index contributed by atoms with van der Waals surface area (Å²) in [6.07, 6.45) is 1.70. The van der Waals surface area contributed by atoms with Crippen molar-refractivity contribution in [1.82, 2.24) is 20.0 Å². The van der Waals surface area contributed by atoms with Crippen LogP contribution in [0.3, 0.4) is 0 Å². The van der Waals surface area contributed by atoms with Gasteiger partial charge in [0.05, 0.1) is 10.6 Å². The second-order valence-corrected chi connectivity index (χ2v) is 11.5. The fraction of sp³-hybridized carbons (Fsp3) is 0.565. The number of rotatable bonds is 3. The molecule has 33 heavy (non-hydrogen) atoms. The van der Waals surface area contributed by atoms with Gasteiger partial charge in [0.1, 0.15) is 10.6 Å². The van der Waals surface area contributed by atoms with Crippen molar-refractivity contribution in [2.24, 2.45) is 5.41 Å². The maximum atomic E-state index is 12.3. The quantitative estimate of drug-likeness (QED) is 0.633. The first kappa shape index (κ1) is 23.8. The summed E-state index contributed by atoms with van der Waals surface area (Å²) in [5.41, 5.74) is 1.07. The highest BCUT2D eigenvalue weighted by Gasteiger charge is 2.47. The van der Waals surface area contributed by atoms with E-state index in [2.05, 4.69) is 15.1 Å². The lowest BCUT2D eigenvalue weighted by Gasteiger charge is -2.53. The third-order valence-corrected chi connectivity index (χ3v) is 7.41. The van der Waals surface area contributed by atoms with Crippen molar-refractivity contribution in [1.29, 1.82) is 0 Å². The molecule has 178 valence electrons. The van der Waals surface area contributed by atoms with E-state index in [1.807, 2.05) is 31.7 Å². The maximum absolute atomic E-state index is 12.3. The van der Waals surface area contributed by atoms with Crippen LogP contribution in [0.15, 0.2) is 18.2 Å². The highest BCUT2D eigenvalue weighted by molar-refractivity contribution is 7.18. The van der Waals surface area contributed by atoms with Crippen LogP contribution in [0, 0.1) is 5.41 Å². The fourth-order valence-corrected chi connectivity index (χ4v) is 5.33. The Labute approximate surface area is 203 Å². The molecule has 0 atom stereocenters. The van der Waals surface area contributed by atoms with Gasteiger partial charge >= 0.3 is 6.09 Å². The second-order valence-electron chi connectivity index (χ2n) is 10.1. The number of halogens is 1. The minimum absolute atomic E-state index is 0.131. The van der Waals surface area contributed by atoms with E-state index in [1.165, 1.54) is 16.2 Å². The van der Waals surface area contributed by atoms with Crippen LogP contribution in [0.5, 0.6) is 0 Å². The normalized spacial score (nSPS) is 17.6. The van der Waals surface area contributed by atoms with Gasteiger partial charge in [-0.1, -0.05) is 29.0 Å². The Morgan fingerprint density at radius 3 is 2.39 bits per heavy atom. The van der Waals surface area contributed by atoms with Crippen molar-refractivity contribution in [3.63, 3.8) is 0 Å². The Kier molecular flexibility index (Phi) is 6.30. The Bertz CT molecular complexity index is 1050. The number of ether oxygens (including phenoxy) is 1. The molecule has 2 fully saturated rings. The molecule has 0 bridgehead atoms. The number of nitrogens with zero attached hydrogens (tertiary/aromatic N) is 5. The number of amides is 2. The molecular formula is C23H30ClN5O3S. The highest BCUT2D eigenvalue weighted by Crippen LogP contribution is 2.44. The van der Waals surface area contributed by atoms with Gasteiger partial charge in [-0.2, -0.15) is 0 Å². The van der Waals surface area contributed by atoms with Crippen LogP contribution in [0.1, 0.15) is 44.0 Å². The Hall–Kier alpha value is -2.39. The SMILES string of the molecule is CN(C)C(=O)c1ccc(-c2nnc(N3CC4(CCN(C(=O)OC(C)(C)C)CC4)C3)s2)cc1Cl. The number of likely N-dealkylation sites (tertiary alicyclic amines) is 1. The van der Waals surface area contributed by atoms with E-state index < -0.39 is 5.60 Å². The molecule has 0 aliphatic carbocycles. The number of carbonyl (C=O) groups is 2. The van der Waals surface area contributed by atoms with E-state index in [1.54, 1.807) is 26.2 Å². The predicted octanol–water partition coefficient (Wildman–Crippen LogP) is 4.40. The lowest BCUT2D eigenvalue weighted by atomic mass is 9.72. The van der Waals surface area contributed by atoms with Crippen molar-refractivity contribution in [3.05, 3.63) is 28.8 Å². The smallest absolute Gasteiger partial charge is 0.410 e. The van der Waals surface area contributed by atoms with Gasteiger partial charge in [-0.3, -0.25) is 4.79 Å². The molecule has 8 nitrogen and oxygen atoms in total. The zero-order valence-corrected chi connectivity index (χ0v) is 21.3. The van der Waals surface area contributed by atoms with Gasteiger partial charge in [-0.15, -0.1) is 10.2 Å². The monoisotopic (exact) mass is 491 g/mol. The average Bonchev–Trinajstić information content (AvgIpc) is 3.20. The summed E-state index contributed by atoms with van der Waals surface area (Å²) < 4.78 is 5.50. The third kappa shape index (κ3) is 5.09. The van der Waals surface area contributed by atoms with E-state index in [0.717, 1.165) is 54.7 Å². The summed E-state index contributed by atoms with van der Waals surface area (Å²) in [4.78, 5) is 30.1. The maximum Gasteiger partial charge on any atom is 0.410 e. The molecule has 10 heteroatoms. The summed E-state index contributed by atoms with van der Waals surface area (Å²) in [5.74, 6) is -0.131. The first-order valence-corrected chi connectivity index (χ1v) is 12.2. The zero-order valence-electron chi connectivity index (χ0n) is 19.7. The van der Waals surface area contributed by atoms with Crippen LogP contribution in [0.25, 0.3) is 10.6 Å². The molecule has 0 radical (unpaired) electrons. The Balaban J connectivity index is 1.35.